The average Bonchev–Trinajstić information content (AvgIpc) is 2.55. The van der Waals surface area contributed by atoms with E-state index in [0.29, 0.717) is 37.6 Å². The molecule has 2 rings (SSSR count). The lowest BCUT2D eigenvalue weighted by Crippen LogP contribution is -2.20. The van der Waals surface area contributed by atoms with Gasteiger partial charge in [-0.2, -0.15) is 0 Å². The molecule has 0 saturated heterocycles. The van der Waals surface area contributed by atoms with Gasteiger partial charge < -0.3 is 9.47 Å². The van der Waals surface area contributed by atoms with Gasteiger partial charge in [-0.25, -0.2) is 0 Å². The lowest BCUT2D eigenvalue weighted by atomic mass is 9.89. The van der Waals surface area contributed by atoms with Crippen molar-refractivity contribution in [3.8, 4) is 5.75 Å². The van der Waals surface area contributed by atoms with Crippen LogP contribution >= 0.6 is 11.6 Å². The quantitative estimate of drug-likeness (QED) is 0.596. The number of methoxy groups -OCH3 is 1. The van der Waals surface area contributed by atoms with Crippen LogP contribution in [-0.4, -0.2) is 30.8 Å². The number of esters is 1. The molecule has 1 aliphatic carbocycles. The van der Waals surface area contributed by atoms with Gasteiger partial charge in [-0.1, -0.05) is 12.1 Å². The summed E-state index contributed by atoms with van der Waals surface area (Å²) < 4.78 is 10.4. The molecule has 0 spiro atoms. The first-order chi connectivity index (χ1) is 10.6. The van der Waals surface area contributed by atoms with Gasteiger partial charge in [0.1, 0.15) is 16.9 Å². The molecule has 0 N–H and O–H groups in total. The second-order valence-electron chi connectivity index (χ2n) is 5.63. The van der Waals surface area contributed by atoms with Crippen molar-refractivity contribution in [2.24, 2.45) is 5.92 Å². The van der Waals surface area contributed by atoms with Crippen LogP contribution in [0.2, 0.25) is 0 Å². The van der Waals surface area contributed by atoms with E-state index >= 15 is 0 Å². The van der Waals surface area contributed by atoms with E-state index in [0.717, 1.165) is 24.2 Å². The van der Waals surface area contributed by atoms with Crippen LogP contribution in [0.15, 0.2) is 24.3 Å². The number of halogens is 1. The lowest BCUT2D eigenvalue weighted by molar-refractivity contribution is -0.140. The molecule has 120 valence electrons. The topological polar surface area (TPSA) is 52.6 Å². The number of carbonyl (C=O) groups excluding carboxylic acids is 2. The van der Waals surface area contributed by atoms with Crippen molar-refractivity contribution in [1.29, 1.82) is 0 Å². The molecule has 1 aromatic carbocycles. The van der Waals surface area contributed by atoms with Gasteiger partial charge >= 0.3 is 5.97 Å². The summed E-state index contributed by atoms with van der Waals surface area (Å²) >= 11 is 5.95. The number of ether oxygens (including phenoxy) is 2. The second kappa shape index (κ2) is 8.18. The minimum absolute atomic E-state index is 0.363. The fourth-order valence-electron chi connectivity index (χ4n) is 2.52. The van der Waals surface area contributed by atoms with E-state index < -0.39 is 11.3 Å². The number of carbonyl (C=O) groups is 2. The summed E-state index contributed by atoms with van der Waals surface area (Å²) in [5, 5.41) is -0.670. The fraction of sp³-hybridized carbons (Fsp3) is 0.529. The zero-order valence-electron chi connectivity index (χ0n) is 12.7. The first kappa shape index (κ1) is 16.8. The van der Waals surface area contributed by atoms with Gasteiger partial charge in [0.25, 0.3) is 0 Å². The van der Waals surface area contributed by atoms with Gasteiger partial charge in [-0.3, -0.25) is 9.59 Å². The van der Waals surface area contributed by atoms with Crippen molar-refractivity contribution in [3.63, 3.8) is 0 Å². The molecule has 1 aliphatic rings. The van der Waals surface area contributed by atoms with E-state index in [1.165, 1.54) is 7.11 Å². The number of rotatable bonds is 6. The van der Waals surface area contributed by atoms with E-state index in [2.05, 4.69) is 4.74 Å². The highest BCUT2D eigenvalue weighted by Crippen LogP contribution is 2.23. The molecule has 1 aromatic rings. The first-order valence-electron chi connectivity index (χ1n) is 7.54. The highest BCUT2D eigenvalue weighted by atomic mass is 35.5. The highest BCUT2D eigenvalue weighted by molar-refractivity contribution is 6.30. The normalized spacial score (nSPS) is 17.1. The Morgan fingerprint density at radius 1 is 1.27 bits per heavy atom. The van der Waals surface area contributed by atoms with Crippen LogP contribution in [0.3, 0.4) is 0 Å². The summed E-state index contributed by atoms with van der Waals surface area (Å²) in [5.41, 5.74) is 0.959. The van der Waals surface area contributed by atoms with Crippen LogP contribution < -0.4 is 4.74 Å². The first-order valence-corrected chi connectivity index (χ1v) is 7.97. The Morgan fingerprint density at radius 3 is 2.50 bits per heavy atom. The van der Waals surface area contributed by atoms with Crippen molar-refractivity contribution in [3.05, 3.63) is 29.8 Å². The molecular weight excluding hydrogens is 304 g/mol. The summed E-state index contributed by atoms with van der Waals surface area (Å²) in [5.74, 6) is 1.20. The summed E-state index contributed by atoms with van der Waals surface area (Å²) in [6.07, 6.45) is 3.63. The van der Waals surface area contributed by atoms with Crippen molar-refractivity contribution in [1.82, 2.24) is 0 Å². The summed E-state index contributed by atoms with van der Waals surface area (Å²) in [6.45, 7) is 0.646. The number of alkyl halides is 1. The Kier molecular flexibility index (Phi) is 6.25. The van der Waals surface area contributed by atoms with Crippen LogP contribution in [0, 0.1) is 5.92 Å². The largest absolute Gasteiger partial charge is 0.493 e. The van der Waals surface area contributed by atoms with E-state index in [1.54, 1.807) is 0 Å². The molecule has 0 bridgehead atoms. The number of benzene rings is 1. The number of hydrogen-bond acceptors (Lipinski definition) is 4. The van der Waals surface area contributed by atoms with Crippen LogP contribution in [0.4, 0.5) is 0 Å². The van der Waals surface area contributed by atoms with Gasteiger partial charge in [0, 0.05) is 12.8 Å². The SMILES string of the molecule is COC(=O)C(Cl)Cc1ccc(OCC2CCC(=O)CC2)cc1. The van der Waals surface area contributed by atoms with Gasteiger partial charge in [0.2, 0.25) is 0 Å². The third-order valence-electron chi connectivity index (χ3n) is 3.94. The summed E-state index contributed by atoms with van der Waals surface area (Å²) in [4.78, 5) is 22.5. The van der Waals surface area contributed by atoms with Gasteiger partial charge in [-0.05, 0) is 42.9 Å². The van der Waals surface area contributed by atoms with Crippen LogP contribution in [0.25, 0.3) is 0 Å². The molecular formula is C17H21ClO4. The van der Waals surface area contributed by atoms with Gasteiger partial charge in [0.15, 0.2) is 0 Å². The average molecular weight is 325 g/mol. The number of Topliss-reactive ketones (excluding diaryl/α,β-unsaturated/α-hetero) is 1. The zero-order chi connectivity index (χ0) is 15.9. The van der Waals surface area contributed by atoms with Crippen molar-refractivity contribution in [2.75, 3.05) is 13.7 Å². The summed E-state index contributed by atoms with van der Waals surface area (Å²) in [6, 6.07) is 7.56. The Bertz CT molecular complexity index is 502. The molecule has 0 amide bonds. The molecule has 0 radical (unpaired) electrons. The Balaban J connectivity index is 1.79. The minimum atomic E-state index is -0.670. The monoisotopic (exact) mass is 324 g/mol. The number of ketones is 1. The summed E-state index contributed by atoms with van der Waals surface area (Å²) in [7, 11) is 1.33. The maximum Gasteiger partial charge on any atom is 0.324 e. The maximum absolute atomic E-state index is 11.3. The van der Waals surface area contributed by atoms with E-state index in [1.807, 2.05) is 24.3 Å². The maximum atomic E-state index is 11.3. The second-order valence-corrected chi connectivity index (χ2v) is 6.16. The van der Waals surface area contributed by atoms with Gasteiger partial charge in [-0.15, -0.1) is 11.6 Å². The minimum Gasteiger partial charge on any atom is -0.493 e. The number of hydrogen-bond donors (Lipinski definition) is 0. The molecule has 4 nitrogen and oxygen atoms in total. The predicted octanol–water partition coefficient (Wildman–Crippen LogP) is 3.15. The lowest BCUT2D eigenvalue weighted by Gasteiger charge is -2.21. The fourth-order valence-corrected chi connectivity index (χ4v) is 2.79. The smallest absolute Gasteiger partial charge is 0.324 e. The molecule has 1 fully saturated rings. The van der Waals surface area contributed by atoms with Crippen LogP contribution in [0.1, 0.15) is 31.2 Å². The van der Waals surface area contributed by atoms with E-state index in [-0.39, 0.29) is 0 Å². The molecule has 0 heterocycles. The standard InChI is InChI=1S/C17H21ClO4/c1-21-17(20)16(18)10-12-4-8-15(9-5-12)22-11-13-2-6-14(19)7-3-13/h4-5,8-9,13,16H,2-3,6-7,10-11H2,1H3. The van der Waals surface area contributed by atoms with E-state index in [9.17, 15) is 9.59 Å². The molecule has 5 heteroatoms. The third-order valence-corrected chi connectivity index (χ3v) is 4.28. The van der Waals surface area contributed by atoms with Crippen molar-refractivity contribution in [2.45, 2.75) is 37.5 Å². The molecule has 1 unspecified atom stereocenters. The van der Waals surface area contributed by atoms with Crippen molar-refractivity contribution < 1.29 is 19.1 Å². The van der Waals surface area contributed by atoms with Crippen molar-refractivity contribution >= 4 is 23.4 Å². The van der Waals surface area contributed by atoms with Gasteiger partial charge in [0.05, 0.1) is 13.7 Å². The zero-order valence-corrected chi connectivity index (χ0v) is 13.5. The highest BCUT2D eigenvalue weighted by Gasteiger charge is 2.19. The molecule has 1 atom stereocenters. The predicted molar refractivity (Wildman–Crippen MR) is 84.3 cm³/mol. The molecule has 0 aliphatic heterocycles. The van der Waals surface area contributed by atoms with Crippen LogP contribution in [-0.2, 0) is 20.7 Å². The third kappa shape index (κ3) is 5.02. The van der Waals surface area contributed by atoms with Crippen LogP contribution in [0.5, 0.6) is 5.75 Å². The van der Waals surface area contributed by atoms with E-state index in [4.69, 9.17) is 16.3 Å². The molecule has 0 aromatic heterocycles. The Hall–Kier alpha value is -1.55. The Morgan fingerprint density at radius 2 is 1.91 bits per heavy atom. The molecule has 1 saturated carbocycles. The Labute approximate surface area is 135 Å². The molecule has 22 heavy (non-hydrogen) atoms.